The molecule has 0 radical (unpaired) electrons. The van der Waals surface area contributed by atoms with Gasteiger partial charge in [0.2, 0.25) is 0 Å². The van der Waals surface area contributed by atoms with Crippen molar-refractivity contribution in [1.29, 1.82) is 0 Å². The lowest BCUT2D eigenvalue weighted by molar-refractivity contribution is -0.777. The van der Waals surface area contributed by atoms with Crippen molar-refractivity contribution in [3.63, 3.8) is 0 Å². The highest BCUT2D eigenvalue weighted by atomic mass is 32.2. The summed E-state index contributed by atoms with van der Waals surface area (Å²) in [6.07, 6.45) is 10.0. The number of benzene rings is 8. The number of nitrogens with one attached hydrogen (secondary N) is 1. The van der Waals surface area contributed by atoms with Gasteiger partial charge in [0.05, 0.1) is 88.5 Å². The molecule has 0 aliphatic heterocycles. The number of hydrogen-bond acceptors (Lipinski definition) is 25. The molecule has 0 spiro atoms. The van der Waals surface area contributed by atoms with Crippen LogP contribution in [0.2, 0.25) is 0 Å². The quantitative estimate of drug-likeness (QED) is 0.0254. The van der Waals surface area contributed by atoms with E-state index in [0.717, 1.165) is 145 Å². The fourth-order valence-corrected chi connectivity index (χ4v) is 12.5. The maximum absolute atomic E-state index is 12.7. The lowest BCUT2D eigenvalue weighted by Crippen LogP contribution is -2.28. The van der Waals surface area contributed by atoms with Gasteiger partial charge in [-0.05, 0) is 188 Å². The van der Waals surface area contributed by atoms with Gasteiger partial charge < -0.3 is 9.78 Å². The molecule has 528 valence electrons. The molecule has 0 saturated heterocycles. The van der Waals surface area contributed by atoms with E-state index in [2.05, 4.69) is 64.8 Å². The topological polar surface area (TPSA) is 290 Å². The van der Waals surface area contributed by atoms with Crippen LogP contribution in [0.4, 0.5) is 0 Å². The van der Waals surface area contributed by atoms with Crippen LogP contribution in [0.5, 0.6) is 0 Å². The Kier molecular flexibility index (Phi) is 27.6. The van der Waals surface area contributed by atoms with Crippen LogP contribution in [-0.2, 0) is 66.4 Å². The van der Waals surface area contributed by atoms with E-state index in [-0.39, 0.29) is 0 Å². The first kappa shape index (κ1) is 77.4. The molecule has 12 rings (SSSR count). The fourth-order valence-electron chi connectivity index (χ4n) is 9.86. The van der Waals surface area contributed by atoms with Gasteiger partial charge in [0.15, 0.2) is 30.7 Å². The standard InChI is InChI=1S/2C31H29N3O5S2.2C6H6O3S/c2*1-20-33-30(38-34-20)28(22-11-13-26(14-12-22)40-39-37-4)17-21-8-6-9-23(16-21)27-19-25(31(2,3)41(5,35)36)18-24-10-7-15-32-29(24)27;2*7-8-9-10-6-4-2-1-3-5-6/h2*6-19H,1-5H3;2*1-5,7H/b2*28-17+;;. The second-order valence-electron chi connectivity index (χ2n) is 23.3. The highest BCUT2D eigenvalue weighted by Gasteiger charge is 2.35. The van der Waals surface area contributed by atoms with Crippen LogP contribution in [-0.4, -0.2) is 74.1 Å². The number of nitrogens with zero attached hydrogens (tertiary/aromatic N) is 5. The number of aryl methyl sites for hydroxylation is 2. The number of sulfone groups is 2. The van der Waals surface area contributed by atoms with Crippen molar-refractivity contribution < 1.29 is 78.6 Å². The number of aromatic nitrogens is 6. The average molecular weight is 1490 g/mol. The van der Waals surface area contributed by atoms with E-state index >= 15 is 0 Å². The molecule has 0 atom stereocenters. The minimum absolute atomic E-state index is 0.394. The van der Waals surface area contributed by atoms with E-state index in [1.165, 1.54) is 26.7 Å². The molecule has 0 fully saturated rings. The molecule has 2 N–H and O–H groups in total. The molecule has 4 aromatic heterocycles. The van der Waals surface area contributed by atoms with Crippen LogP contribution in [0.15, 0.2) is 247 Å². The molecule has 0 aliphatic carbocycles. The summed E-state index contributed by atoms with van der Waals surface area (Å²) in [6, 6.07) is 65.3. The molecule has 4 heterocycles. The Labute approximate surface area is 607 Å². The summed E-state index contributed by atoms with van der Waals surface area (Å²) in [6.45, 7) is 10.5. The Hall–Kier alpha value is -8.76. The van der Waals surface area contributed by atoms with Gasteiger partial charge in [-0.25, -0.2) is 41.4 Å². The highest BCUT2D eigenvalue weighted by Crippen LogP contribution is 2.40. The van der Waals surface area contributed by atoms with Gasteiger partial charge in [0.25, 0.3) is 5.89 Å². The Morgan fingerprint density at radius 1 is 0.510 bits per heavy atom. The fraction of sp³-hybridized carbons (Fsp3) is 0.162. The van der Waals surface area contributed by atoms with Gasteiger partial charge in [-0.3, -0.25) is 15.0 Å². The third kappa shape index (κ3) is 20.7. The number of rotatable bonds is 24. The molecule has 0 aliphatic rings. The lowest BCUT2D eigenvalue weighted by atomic mass is 9.92. The number of hydrogen-bond donors (Lipinski definition) is 1. The first-order valence-corrected chi connectivity index (χ1v) is 37.6. The predicted octanol–water partition coefficient (Wildman–Crippen LogP) is 16.5. The largest absolute Gasteiger partial charge is 0.691 e. The maximum Gasteiger partial charge on any atom is 0.346 e. The zero-order valence-electron chi connectivity index (χ0n) is 56.7. The first-order valence-electron chi connectivity index (χ1n) is 30.8. The van der Waals surface area contributed by atoms with Crippen LogP contribution in [0.1, 0.15) is 84.5 Å². The molecular formula is C74H70N6O16S6. The first-order chi connectivity index (χ1) is 49.0. The van der Waals surface area contributed by atoms with E-state index in [9.17, 15) is 22.1 Å². The summed E-state index contributed by atoms with van der Waals surface area (Å²) in [7, 11) is -3.85. The van der Waals surface area contributed by atoms with Crippen molar-refractivity contribution >= 4 is 113 Å². The Morgan fingerprint density at radius 3 is 1.36 bits per heavy atom. The zero-order valence-corrected chi connectivity index (χ0v) is 61.6. The lowest BCUT2D eigenvalue weighted by Gasteiger charge is -2.24. The van der Waals surface area contributed by atoms with Crippen molar-refractivity contribution in [2.24, 2.45) is 0 Å². The average Bonchev–Trinajstić information content (AvgIpc) is 0.831. The maximum atomic E-state index is 12.7. The van der Waals surface area contributed by atoms with E-state index in [4.69, 9.17) is 23.0 Å². The van der Waals surface area contributed by atoms with E-state index in [1.54, 1.807) is 47.0 Å². The molecule has 0 saturated carbocycles. The van der Waals surface area contributed by atoms with Crippen molar-refractivity contribution in [3.05, 3.63) is 275 Å². The van der Waals surface area contributed by atoms with E-state index in [1.807, 2.05) is 219 Å². The smallest absolute Gasteiger partial charge is 0.346 e. The van der Waals surface area contributed by atoms with Crippen molar-refractivity contribution in [1.82, 2.24) is 25.3 Å². The second-order valence-corrected chi connectivity index (χ2v) is 31.5. The Balaban J connectivity index is 0.000000186. The van der Waals surface area contributed by atoms with Crippen molar-refractivity contribution in [2.45, 2.75) is 70.6 Å². The van der Waals surface area contributed by atoms with Crippen molar-refractivity contribution in [3.8, 4) is 22.3 Å². The van der Waals surface area contributed by atoms with Gasteiger partial charge in [-0.2, -0.15) is 18.0 Å². The number of H-pyrrole nitrogens is 1. The molecule has 8 aromatic carbocycles. The molecule has 0 unspecified atom stereocenters. The minimum atomic E-state index is -3.38. The Bertz CT molecular complexity index is 4730. The summed E-state index contributed by atoms with van der Waals surface area (Å²) in [5.41, 5.74) is 11.7. The normalized spacial score (nSPS) is 12.1. The molecule has 22 nitrogen and oxygen atoms in total. The molecule has 28 heteroatoms. The summed E-state index contributed by atoms with van der Waals surface area (Å²) in [5.74, 6) is 2.10. The third-order valence-corrected chi connectivity index (χ3v) is 22.5. The minimum Gasteiger partial charge on any atom is -0.691 e. The molecule has 0 bridgehead atoms. The van der Waals surface area contributed by atoms with Crippen LogP contribution in [0, 0.1) is 13.8 Å². The van der Waals surface area contributed by atoms with E-state index < -0.39 is 29.2 Å². The van der Waals surface area contributed by atoms with Gasteiger partial charge in [0, 0.05) is 78.9 Å². The molecule has 12 aromatic rings. The summed E-state index contributed by atoms with van der Waals surface area (Å²) >= 11 is 4.07. The van der Waals surface area contributed by atoms with Gasteiger partial charge in [-0.15, -0.1) is 4.33 Å². The van der Waals surface area contributed by atoms with Crippen molar-refractivity contribution in [2.75, 3.05) is 26.7 Å². The van der Waals surface area contributed by atoms with Gasteiger partial charge >= 0.3 is 11.7 Å². The molecule has 102 heavy (non-hydrogen) atoms. The predicted molar refractivity (Wildman–Crippen MR) is 393 cm³/mol. The van der Waals surface area contributed by atoms with Crippen LogP contribution in [0.3, 0.4) is 0 Å². The summed E-state index contributed by atoms with van der Waals surface area (Å²) < 4.78 is 78.0. The Morgan fingerprint density at radius 2 is 0.951 bits per heavy atom. The highest BCUT2D eigenvalue weighted by molar-refractivity contribution is 7.95. The number of pyridine rings is 2. The second kappa shape index (κ2) is 36.4. The third-order valence-electron chi connectivity index (χ3n) is 15.8. The zero-order chi connectivity index (χ0) is 72.9. The van der Waals surface area contributed by atoms with Gasteiger partial charge in [-0.1, -0.05) is 119 Å². The SMILES string of the molecule is COOSc1ccc(/C(=C\c2cccc(-c3cc(C(C)(C)S(C)(=O)=O)cc4cccnc34)c2)c2[nH+]c(C)no2)cc1.COOSc1ccc(/C(=C\c2cccc(-c3cc(C(C)(C)S(C)(=O)=O)cc4cccnc34)c2)c2nc(C)no2)cc1.OOOSc1ccccc1.[O-]OOSc1ccccc1. The number of aromatic amines is 1. The van der Waals surface area contributed by atoms with Crippen LogP contribution in [0.25, 0.3) is 67.4 Å². The van der Waals surface area contributed by atoms with Crippen LogP contribution < -0.4 is 10.2 Å². The molecular weight excluding hydrogens is 1420 g/mol. The molecule has 0 amide bonds. The van der Waals surface area contributed by atoms with E-state index in [0.29, 0.717) is 34.6 Å². The monoisotopic (exact) mass is 1490 g/mol. The van der Waals surface area contributed by atoms with Crippen LogP contribution >= 0.6 is 48.2 Å². The number of fused-ring (bicyclic) bond motifs is 2. The van der Waals surface area contributed by atoms with Gasteiger partial charge in [0.1, 0.15) is 0 Å². The summed E-state index contributed by atoms with van der Waals surface area (Å²) in [4.78, 5) is 29.8. The summed E-state index contributed by atoms with van der Waals surface area (Å²) in [5, 5.41) is 33.5.